The number of nitrogens with one attached hydrogen (secondary N) is 1. The van der Waals surface area contributed by atoms with Gasteiger partial charge in [0.2, 0.25) is 0 Å². The van der Waals surface area contributed by atoms with Crippen LogP contribution in [0.2, 0.25) is 4.47 Å². The summed E-state index contributed by atoms with van der Waals surface area (Å²) in [4.78, 5) is 5.11. The van der Waals surface area contributed by atoms with Crippen molar-refractivity contribution in [3.8, 4) is 11.5 Å². The number of rotatable bonds is 8. The molecular formula is C18H17ClN2O2S. The Hall–Kier alpha value is -2.24. The predicted octanol–water partition coefficient (Wildman–Crippen LogP) is 4.87. The maximum absolute atomic E-state index is 5.82. The van der Waals surface area contributed by atoms with Crippen LogP contribution >= 0.6 is 22.9 Å². The molecule has 2 aromatic carbocycles. The number of nitrogens with zero attached hydrogens (tertiary/aromatic N) is 1. The Bertz CT molecular complexity index is 747. The predicted molar refractivity (Wildman–Crippen MR) is 98.3 cm³/mol. The highest BCUT2D eigenvalue weighted by molar-refractivity contribution is 7.15. The highest BCUT2D eigenvalue weighted by Gasteiger charge is 2.00. The Morgan fingerprint density at radius 1 is 0.917 bits per heavy atom. The molecule has 0 spiro atoms. The van der Waals surface area contributed by atoms with Gasteiger partial charge in [0.1, 0.15) is 24.7 Å². The minimum absolute atomic E-state index is 0.501. The summed E-state index contributed by atoms with van der Waals surface area (Å²) in [7, 11) is 0. The Balaban J connectivity index is 1.39. The quantitative estimate of drug-likeness (QED) is 0.582. The molecule has 3 aromatic rings. The van der Waals surface area contributed by atoms with Crippen LogP contribution in [0.15, 0.2) is 60.8 Å². The Morgan fingerprint density at radius 3 is 2.21 bits per heavy atom. The fourth-order valence-electron chi connectivity index (χ4n) is 2.06. The molecule has 24 heavy (non-hydrogen) atoms. The van der Waals surface area contributed by atoms with E-state index in [0.717, 1.165) is 22.1 Å². The molecule has 0 bridgehead atoms. The average Bonchev–Trinajstić information content (AvgIpc) is 3.04. The molecule has 0 fully saturated rings. The van der Waals surface area contributed by atoms with E-state index in [4.69, 9.17) is 21.1 Å². The van der Waals surface area contributed by atoms with Crippen LogP contribution in [-0.4, -0.2) is 18.2 Å². The molecule has 0 amide bonds. The second-order valence-corrected chi connectivity index (χ2v) is 6.66. The number of halogens is 1. The van der Waals surface area contributed by atoms with Crippen molar-refractivity contribution in [3.63, 3.8) is 0 Å². The van der Waals surface area contributed by atoms with E-state index in [2.05, 4.69) is 10.3 Å². The first-order valence-corrected chi connectivity index (χ1v) is 8.74. The lowest BCUT2D eigenvalue weighted by Gasteiger charge is -2.09. The summed E-state index contributed by atoms with van der Waals surface area (Å²) in [5.41, 5.74) is 1.02. The standard InChI is InChI=1S/C18H17ClN2O2S/c19-18-21-13-17(24-18)12-20-14-6-8-16(9-7-14)23-11-10-22-15-4-2-1-3-5-15/h1-9,13,20H,10-12H2. The van der Waals surface area contributed by atoms with E-state index in [-0.39, 0.29) is 0 Å². The molecule has 0 radical (unpaired) electrons. The summed E-state index contributed by atoms with van der Waals surface area (Å²) in [6.07, 6.45) is 1.78. The van der Waals surface area contributed by atoms with Gasteiger partial charge in [0.05, 0.1) is 6.54 Å². The van der Waals surface area contributed by atoms with Gasteiger partial charge in [0.25, 0.3) is 0 Å². The van der Waals surface area contributed by atoms with Gasteiger partial charge in [-0.1, -0.05) is 29.8 Å². The van der Waals surface area contributed by atoms with Crippen molar-refractivity contribution in [2.24, 2.45) is 0 Å². The third kappa shape index (κ3) is 5.15. The SMILES string of the molecule is Clc1ncc(CNc2ccc(OCCOc3ccccc3)cc2)s1. The highest BCUT2D eigenvalue weighted by Crippen LogP contribution is 2.20. The zero-order valence-electron chi connectivity index (χ0n) is 12.9. The molecule has 3 rings (SSSR count). The zero-order valence-corrected chi connectivity index (χ0v) is 14.5. The molecule has 0 unspecified atom stereocenters. The maximum Gasteiger partial charge on any atom is 0.183 e. The van der Waals surface area contributed by atoms with Crippen molar-refractivity contribution in [1.82, 2.24) is 4.98 Å². The van der Waals surface area contributed by atoms with Crippen LogP contribution in [0.1, 0.15) is 4.88 Å². The second kappa shape index (κ2) is 8.57. The van der Waals surface area contributed by atoms with Gasteiger partial charge in [-0.3, -0.25) is 0 Å². The van der Waals surface area contributed by atoms with Gasteiger partial charge in [-0.25, -0.2) is 4.98 Å². The van der Waals surface area contributed by atoms with Crippen LogP contribution in [0.25, 0.3) is 0 Å². The Morgan fingerprint density at radius 2 is 1.58 bits per heavy atom. The molecule has 0 aliphatic rings. The molecule has 0 aliphatic carbocycles. The number of hydrogen-bond acceptors (Lipinski definition) is 5. The molecular weight excluding hydrogens is 344 g/mol. The van der Waals surface area contributed by atoms with E-state index < -0.39 is 0 Å². The highest BCUT2D eigenvalue weighted by atomic mass is 35.5. The van der Waals surface area contributed by atoms with Crippen LogP contribution in [0, 0.1) is 0 Å². The smallest absolute Gasteiger partial charge is 0.183 e. The minimum Gasteiger partial charge on any atom is -0.490 e. The van der Waals surface area contributed by atoms with E-state index >= 15 is 0 Å². The van der Waals surface area contributed by atoms with Gasteiger partial charge in [-0.2, -0.15) is 0 Å². The Labute approximate surface area is 150 Å². The average molecular weight is 361 g/mol. The van der Waals surface area contributed by atoms with E-state index in [1.807, 2.05) is 54.6 Å². The summed E-state index contributed by atoms with van der Waals surface area (Å²) in [6, 6.07) is 17.5. The van der Waals surface area contributed by atoms with Crippen LogP contribution in [-0.2, 0) is 6.54 Å². The van der Waals surface area contributed by atoms with Gasteiger partial charge in [0.15, 0.2) is 4.47 Å². The molecule has 6 heteroatoms. The van der Waals surface area contributed by atoms with E-state index in [0.29, 0.717) is 24.2 Å². The van der Waals surface area contributed by atoms with Crippen molar-refractivity contribution in [2.75, 3.05) is 18.5 Å². The van der Waals surface area contributed by atoms with Crippen molar-refractivity contribution in [1.29, 1.82) is 0 Å². The summed E-state index contributed by atoms with van der Waals surface area (Å²) in [6.45, 7) is 1.71. The van der Waals surface area contributed by atoms with Crippen molar-refractivity contribution >= 4 is 28.6 Å². The molecule has 1 heterocycles. The fraction of sp³-hybridized carbons (Fsp3) is 0.167. The zero-order chi connectivity index (χ0) is 16.6. The fourth-order valence-corrected chi connectivity index (χ4v) is 2.98. The first kappa shape index (κ1) is 16.6. The maximum atomic E-state index is 5.82. The Kier molecular flexibility index (Phi) is 5.93. The second-order valence-electron chi connectivity index (χ2n) is 4.97. The number of thiazole rings is 1. The number of anilines is 1. The molecule has 0 atom stereocenters. The lowest BCUT2D eigenvalue weighted by Crippen LogP contribution is -2.08. The lowest BCUT2D eigenvalue weighted by atomic mass is 10.3. The van der Waals surface area contributed by atoms with Crippen LogP contribution in [0.4, 0.5) is 5.69 Å². The summed E-state index contributed by atoms with van der Waals surface area (Å²) < 4.78 is 11.8. The first-order chi connectivity index (χ1) is 11.8. The third-order valence-corrected chi connectivity index (χ3v) is 4.33. The van der Waals surface area contributed by atoms with Gasteiger partial charge >= 0.3 is 0 Å². The largest absolute Gasteiger partial charge is 0.490 e. The van der Waals surface area contributed by atoms with Crippen LogP contribution in [0.5, 0.6) is 11.5 Å². The van der Waals surface area contributed by atoms with Crippen molar-refractivity contribution in [3.05, 3.63) is 70.1 Å². The van der Waals surface area contributed by atoms with E-state index in [9.17, 15) is 0 Å². The molecule has 0 saturated carbocycles. The van der Waals surface area contributed by atoms with Gasteiger partial charge in [-0.05, 0) is 36.4 Å². The summed E-state index contributed by atoms with van der Waals surface area (Å²) in [5, 5.41) is 3.32. The minimum atomic E-state index is 0.501. The monoisotopic (exact) mass is 360 g/mol. The molecule has 0 aliphatic heterocycles. The van der Waals surface area contributed by atoms with Gasteiger partial charge in [-0.15, -0.1) is 11.3 Å². The van der Waals surface area contributed by atoms with E-state index in [1.165, 1.54) is 11.3 Å². The molecule has 1 N–H and O–H groups in total. The van der Waals surface area contributed by atoms with Gasteiger partial charge in [0, 0.05) is 16.8 Å². The van der Waals surface area contributed by atoms with Gasteiger partial charge < -0.3 is 14.8 Å². The number of hydrogen-bond donors (Lipinski definition) is 1. The van der Waals surface area contributed by atoms with Crippen LogP contribution in [0.3, 0.4) is 0 Å². The van der Waals surface area contributed by atoms with Crippen molar-refractivity contribution in [2.45, 2.75) is 6.54 Å². The number of benzene rings is 2. The lowest BCUT2D eigenvalue weighted by molar-refractivity contribution is 0.217. The number of para-hydroxylation sites is 1. The van der Waals surface area contributed by atoms with Crippen molar-refractivity contribution < 1.29 is 9.47 Å². The third-order valence-electron chi connectivity index (χ3n) is 3.21. The van der Waals surface area contributed by atoms with E-state index in [1.54, 1.807) is 6.20 Å². The number of aromatic nitrogens is 1. The summed E-state index contributed by atoms with van der Waals surface area (Å²) >= 11 is 7.29. The molecule has 124 valence electrons. The molecule has 4 nitrogen and oxygen atoms in total. The summed E-state index contributed by atoms with van der Waals surface area (Å²) in [5.74, 6) is 1.67. The molecule has 0 saturated heterocycles. The molecule has 1 aromatic heterocycles. The van der Waals surface area contributed by atoms with Crippen LogP contribution < -0.4 is 14.8 Å². The number of ether oxygens (including phenoxy) is 2. The normalized spacial score (nSPS) is 10.4. The topological polar surface area (TPSA) is 43.4 Å². The first-order valence-electron chi connectivity index (χ1n) is 7.54.